The van der Waals surface area contributed by atoms with E-state index in [0.717, 1.165) is 0 Å². The Bertz CT molecular complexity index is 222. The molecule has 1 aliphatic rings. The summed E-state index contributed by atoms with van der Waals surface area (Å²) in [6.45, 7) is 6.44. The fourth-order valence-electron chi connectivity index (χ4n) is 2.44. The van der Waals surface area contributed by atoms with Crippen LogP contribution in [0.25, 0.3) is 0 Å². The minimum atomic E-state index is 1.24. The molecule has 16 heavy (non-hydrogen) atoms. The molecule has 0 unspecified atom stereocenters. The molecule has 1 fully saturated rings. The average molecular weight is 220 g/mol. The molecule has 0 aromatic carbocycles. The van der Waals surface area contributed by atoms with Crippen LogP contribution in [0, 0.1) is 0 Å². The highest BCUT2D eigenvalue weighted by Crippen LogP contribution is 2.27. The number of rotatable bonds is 7. The number of hydrogen-bond donors (Lipinski definition) is 0. The van der Waals surface area contributed by atoms with Crippen LogP contribution < -0.4 is 0 Å². The van der Waals surface area contributed by atoms with Crippen molar-refractivity contribution in [2.45, 2.75) is 77.6 Å². The topological polar surface area (TPSA) is 0 Å². The first-order chi connectivity index (χ1) is 7.84. The third-order valence-electron chi connectivity index (χ3n) is 3.58. The lowest BCUT2D eigenvalue weighted by Gasteiger charge is -2.16. The normalized spacial score (nSPS) is 19.3. The van der Waals surface area contributed by atoms with E-state index in [-0.39, 0.29) is 0 Å². The summed E-state index contributed by atoms with van der Waals surface area (Å²) in [5.41, 5.74) is 2.98. The lowest BCUT2D eigenvalue weighted by molar-refractivity contribution is 0.608. The monoisotopic (exact) mass is 220 g/mol. The molecule has 0 nitrogen and oxygen atoms in total. The minimum absolute atomic E-state index is 1.24. The Labute approximate surface area is 102 Å². The van der Waals surface area contributed by atoms with Crippen LogP contribution in [0.5, 0.6) is 0 Å². The summed E-state index contributed by atoms with van der Waals surface area (Å²) >= 11 is 0. The van der Waals surface area contributed by atoms with E-state index in [4.69, 9.17) is 0 Å². The molecule has 0 aromatic rings. The molecule has 1 aliphatic carbocycles. The molecular formula is C16H28. The zero-order valence-corrected chi connectivity index (χ0v) is 11.1. The molecule has 92 valence electrons. The van der Waals surface area contributed by atoms with E-state index in [1.165, 1.54) is 76.2 Å². The first-order valence-corrected chi connectivity index (χ1v) is 7.21. The van der Waals surface area contributed by atoms with Gasteiger partial charge in [0, 0.05) is 0 Å². The molecule has 0 atom stereocenters. The zero-order valence-electron chi connectivity index (χ0n) is 11.1. The van der Waals surface area contributed by atoms with Crippen molar-refractivity contribution in [1.82, 2.24) is 0 Å². The van der Waals surface area contributed by atoms with Crippen molar-refractivity contribution in [3.05, 3.63) is 23.8 Å². The van der Waals surface area contributed by atoms with Gasteiger partial charge >= 0.3 is 0 Å². The molecule has 0 N–H and O–H groups in total. The van der Waals surface area contributed by atoms with Crippen molar-refractivity contribution in [2.75, 3.05) is 0 Å². The maximum Gasteiger partial charge on any atom is -0.0279 e. The molecule has 0 amide bonds. The highest BCUT2D eigenvalue weighted by Gasteiger charge is 2.08. The maximum atomic E-state index is 4.17. The van der Waals surface area contributed by atoms with Crippen LogP contribution in [0.2, 0.25) is 0 Å². The molecule has 0 bridgehead atoms. The molecule has 0 heterocycles. The van der Waals surface area contributed by atoms with Crippen LogP contribution in [0.15, 0.2) is 23.8 Å². The number of allylic oxidation sites excluding steroid dienone is 3. The van der Waals surface area contributed by atoms with Crippen LogP contribution in [-0.2, 0) is 0 Å². The van der Waals surface area contributed by atoms with Gasteiger partial charge in [-0.25, -0.2) is 0 Å². The van der Waals surface area contributed by atoms with Gasteiger partial charge in [0.15, 0.2) is 0 Å². The largest absolute Gasteiger partial charge is 0.0956 e. The number of hydrogen-bond acceptors (Lipinski definition) is 0. The average Bonchev–Trinajstić information content (AvgIpc) is 2.30. The quantitative estimate of drug-likeness (QED) is 0.476. The van der Waals surface area contributed by atoms with Gasteiger partial charge in [-0.15, -0.1) is 0 Å². The molecule has 0 radical (unpaired) electrons. The van der Waals surface area contributed by atoms with Gasteiger partial charge in [-0.05, 0) is 44.1 Å². The number of unbranched alkanes of at least 4 members (excludes halogenated alkanes) is 6. The lowest BCUT2D eigenvalue weighted by atomic mass is 9.90. The standard InChI is InChI=1S/C16H28/c1-3-4-5-6-7-8-9-13-16-14-11-10-12-15(16)2/h13H,2-12,14H2,1H3/b16-13+. The van der Waals surface area contributed by atoms with E-state index in [1.54, 1.807) is 5.57 Å². The molecule has 1 saturated carbocycles. The van der Waals surface area contributed by atoms with Gasteiger partial charge < -0.3 is 0 Å². The Morgan fingerprint density at radius 2 is 1.69 bits per heavy atom. The molecule has 0 saturated heterocycles. The summed E-state index contributed by atoms with van der Waals surface area (Å²) in [5, 5.41) is 0. The molecule has 1 rings (SSSR count). The minimum Gasteiger partial charge on any atom is -0.0956 e. The van der Waals surface area contributed by atoms with E-state index in [0.29, 0.717) is 0 Å². The Morgan fingerprint density at radius 3 is 2.44 bits per heavy atom. The van der Waals surface area contributed by atoms with E-state index >= 15 is 0 Å². The predicted molar refractivity (Wildman–Crippen MR) is 73.7 cm³/mol. The summed E-state index contributed by atoms with van der Waals surface area (Å²) < 4.78 is 0. The Hall–Kier alpha value is -0.520. The molecular weight excluding hydrogens is 192 g/mol. The van der Waals surface area contributed by atoms with Gasteiger partial charge in [0.05, 0.1) is 0 Å². The molecule has 0 aliphatic heterocycles. The van der Waals surface area contributed by atoms with Gasteiger partial charge in [-0.1, -0.05) is 57.3 Å². The van der Waals surface area contributed by atoms with Gasteiger partial charge in [-0.2, -0.15) is 0 Å². The van der Waals surface area contributed by atoms with Crippen LogP contribution in [0.1, 0.15) is 77.6 Å². The summed E-state index contributed by atoms with van der Waals surface area (Å²) in [6.07, 6.45) is 17.4. The Kier molecular flexibility index (Phi) is 7.29. The van der Waals surface area contributed by atoms with Crippen LogP contribution in [0.3, 0.4) is 0 Å². The van der Waals surface area contributed by atoms with Crippen LogP contribution in [-0.4, -0.2) is 0 Å². The highest BCUT2D eigenvalue weighted by atomic mass is 14.1. The first kappa shape index (κ1) is 13.5. The molecule has 0 spiro atoms. The van der Waals surface area contributed by atoms with Crippen LogP contribution >= 0.6 is 0 Å². The first-order valence-electron chi connectivity index (χ1n) is 7.21. The van der Waals surface area contributed by atoms with Crippen molar-refractivity contribution in [3.8, 4) is 0 Å². The van der Waals surface area contributed by atoms with E-state index in [2.05, 4.69) is 19.6 Å². The van der Waals surface area contributed by atoms with Gasteiger partial charge in [0.25, 0.3) is 0 Å². The summed E-state index contributed by atoms with van der Waals surface area (Å²) in [7, 11) is 0. The third kappa shape index (κ3) is 5.53. The van der Waals surface area contributed by atoms with Gasteiger partial charge in [0.1, 0.15) is 0 Å². The Balaban J connectivity index is 2.04. The second-order valence-corrected chi connectivity index (χ2v) is 5.10. The lowest BCUT2D eigenvalue weighted by Crippen LogP contribution is -1.97. The smallest absolute Gasteiger partial charge is 0.0279 e. The predicted octanol–water partition coefficient (Wildman–Crippen LogP) is 5.79. The second-order valence-electron chi connectivity index (χ2n) is 5.10. The summed E-state index contributed by atoms with van der Waals surface area (Å²) in [5.74, 6) is 0. The Morgan fingerprint density at radius 1 is 1.00 bits per heavy atom. The zero-order chi connectivity index (χ0) is 11.6. The summed E-state index contributed by atoms with van der Waals surface area (Å²) in [6, 6.07) is 0. The molecule has 0 aromatic heterocycles. The van der Waals surface area contributed by atoms with E-state index in [1.807, 2.05) is 0 Å². The second kappa shape index (κ2) is 8.61. The van der Waals surface area contributed by atoms with Crippen molar-refractivity contribution < 1.29 is 0 Å². The fourth-order valence-corrected chi connectivity index (χ4v) is 2.44. The van der Waals surface area contributed by atoms with Crippen LogP contribution in [0.4, 0.5) is 0 Å². The third-order valence-corrected chi connectivity index (χ3v) is 3.58. The van der Waals surface area contributed by atoms with Crippen molar-refractivity contribution in [3.63, 3.8) is 0 Å². The van der Waals surface area contributed by atoms with Gasteiger partial charge in [0.2, 0.25) is 0 Å². The van der Waals surface area contributed by atoms with E-state index in [9.17, 15) is 0 Å². The fraction of sp³-hybridized carbons (Fsp3) is 0.750. The van der Waals surface area contributed by atoms with Crippen molar-refractivity contribution >= 4 is 0 Å². The SMILES string of the molecule is C=C1CCCC/C1=C\CCCCCCCC. The van der Waals surface area contributed by atoms with Crippen molar-refractivity contribution in [2.24, 2.45) is 0 Å². The maximum absolute atomic E-state index is 4.17. The van der Waals surface area contributed by atoms with Gasteiger partial charge in [-0.3, -0.25) is 0 Å². The van der Waals surface area contributed by atoms with E-state index < -0.39 is 0 Å². The summed E-state index contributed by atoms with van der Waals surface area (Å²) in [4.78, 5) is 0. The van der Waals surface area contributed by atoms with Crippen molar-refractivity contribution in [1.29, 1.82) is 0 Å². The molecule has 0 heteroatoms. The highest BCUT2D eigenvalue weighted by molar-refractivity contribution is 5.29.